The van der Waals surface area contributed by atoms with Crippen molar-refractivity contribution in [3.05, 3.63) is 53.6 Å². The monoisotopic (exact) mass is 442 g/mol. The molecule has 0 aromatic heterocycles. The van der Waals surface area contributed by atoms with Gasteiger partial charge in [0.15, 0.2) is 0 Å². The van der Waals surface area contributed by atoms with E-state index in [1.54, 1.807) is 24.3 Å². The van der Waals surface area contributed by atoms with Crippen molar-refractivity contribution in [1.29, 1.82) is 0 Å². The molecular weight excluding hydrogens is 420 g/mol. The third-order valence-electron chi connectivity index (χ3n) is 3.77. The predicted molar refractivity (Wildman–Crippen MR) is 113 cm³/mol. The van der Waals surface area contributed by atoms with Gasteiger partial charge in [-0.05, 0) is 55.5 Å². The molecule has 0 saturated heterocycles. The molecule has 0 radical (unpaired) electrons. The third-order valence-corrected chi connectivity index (χ3v) is 6.96. The Labute approximate surface area is 175 Å². The average molecular weight is 443 g/mol. The predicted octanol–water partition coefficient (Wildman–Crippen LogP) is 3.27. The van der Waals surface area contributed by atoms with Crippen LogP contribution in [0.4, 0.5) is 0 Å². The van der Waals surface area contributed by atoms with Gasteiger partial charge in [0.1, 0.15) is 12.4 Å². The van der Waals surface area contributed by atoms with Crippen LogP contribution in [0.15, 0.2) is 58.3 Å². The maximum atomic E-state index is 12.2. The van der Waals surface area contributed by atoms with Gasteiger partial charge in [0.05, 0.1) is 16.7 Å². The van der Waals surface area contributed by atoms with Crippen LogP contribution in [-0.2, 0) is 14.8 Å². The fraction of sp³-hybridized carbons (Fsp3) is 0.316. The standard InChI is InChI=1S/C19H23ClN2O4S2/c1-14(27-17-8-4-15(20)5-9-17)19(23)21-12-13-26-16-6-10-18(11-7-16)28(24,25)22(2)3/h4-11,14H,12-13H2,1-3H3,(H,21,23)/t14-/m0/s1. The number of sulfonamides is 1. The van der Waals surface area contributed by atoms with E-state index < -0.39 is 10.0 Å². The van der Waals surface area contributed by atoms with E-state index in [0.29, 0.717) is 17.3 Å². The summed E-state index contributed by atoms with van der Waals surface area (Å²) in [6.45, 7) is 2.46. The van der Waals surface area contributed by atoms with Gasteiger partial charge in [0.25, 0.3) is 0 Å². The van der Waals surface area contributed by atoms with Gasteiger partial charge in [0, 0.05) is 24.0 Å². The molecule has 0 heterocycles. The topological polar surface area (TPSA) is 75.7 Å². The van der Waals surface area contributed by atoms with Crippen LogP contribution in [0.1, 0.15) is 6.92 Å². The first kappa shape index (κ1) is 22.5. The van der Waals surface area contributed by atoms with Crippen molar-refractivity contribution in [1.82, 2.24) is 9.62 Å². The maximum Gasteiger partial charge on any atom is 0.242 e. The molecule has 2 rings (SSSR count). The molecule has 0 saturated carbocycles. The molecule has 0 bridgehead atoms. The van der Waals surface area contributed by atoms with Gasteiger partial charge in [0.2, 0.25) is 15.9 Å². The SMILES string of the molecule is C[C@H](Sc1ccc(Cl)cc1)C(=O)NCCOc1ccc(S(=O)(=O)N(C)C)cc1. The summed E-state index contributed by atoms with van der Waals surface area (Å²) < 4.78 is 30.7. The van der Waals surface area contributed by atoms with Crippen molar-refractivity contribution in [3.8, 4) is 5.75 Å². The lowest BCUT2D eigenvalue weighted by molar-refractivity contribution is -0.120. The van der Waals surface area contributed by atoms with Crippen LogP contribution < -0.4 is 10.1 Å². The zero-order chi connectivity index (χ0) is 20.7. The van der Waals surface area contributed by atoms with Crippen LogP contribution in [0.3, 0.4) is 0 Å². The first-order valence-electron chi connectivity index (χ1n) is 8.55. The van der Waals surface area contributed by atoms with Gasteiger partial charge in [-0.3, -0.25) is 4.79 Å². The minimum atomic E-state index is -3.46. The molecular formula is C19H23ClN2O4S2. The number of carbonyl (C=O) groups excluding carboxylic acids is 1. The smallest absolute Gasteiger partial charge is 0.242 e. The van der Waals surface area contributed by atoms with Crippen molar-refractivity contribution >= 4 is 39.3 Å². The summed E-state index contributed by atoms with van der Waals surface area (Å²) in [5.74, 6) is 0.450. The quantitative estimate of drug-likeness (QED) is 0.476. The number of nitrogens with one attached hydrogen (secondary N) is 1. The van der Waals surface area contributed by atoms with Gasteiger partial charge in [-0.1, -0.05) is 11.6 Å². The molecule has 28 heavy (non-hydrogen) atoms. The number of amides is 1. The number of carbonyl (C=O) groups is 1. The van der Waals surface area contributed by atoms with E-state index in [1.165, 1.54) is 38.0 Å². The zero-order valence-electron chi connectivity index (χ0n) is 15.9. The van der Waals surface area contributed by atoms with Gasteiger partial charge >= 0.3 is 0 Å². The Balaban J connectivity index is 1.76. The Bertz CT molecular complexity index is 885. The van der Waals surface area contributed by atoms with Gasteiger partial charge in [-0.25, -0.2) is 12.7 Å². The zero-order valence-corrected chi connectivity index (χ0v) is 18.3. The summed E-state index contributed by atoms with van der Waals surface area (Å²) in [5, 5.41) is 3.23. The fourth-order valence-corrected chi connectivity index (χ4v) is 4.10. The van der Waals surface area contributed by atoms with E-state index in [4.69, 9.17) is 16.3 Å². The average Bonchev–Trinajstić information content (AvgIpc) is 2.67. The van der Waals surface area contributed by atoms with Crippen LogP contribution in [0.2, 0.25) is 5.02 Å². The van der Waals surface area contributed by atoms with Crippen molar-refractivity contribution < 1.29 is 17.9 Å². The Morgan fingerprint density at radius 1 is 1.14 bits per heavy atom. The van der Waals surface area contributed by atoms with Crippen LogP contribution >= 0.6 is 23.4 Å². The van der Waals surface area contributed by atoms with Crippen molar-refractivity contribution in [2.24, 2.45) is 0 Å². The lowest BCUT2D eigenvalue weighted by Crippen LogP contribution is -2.33. The molecule has 1 amide bonds. The van der Waals surface area contributed by atoms with Crippen molar-refractivity contribution in [2.75, 3.05) is 27.2 Å². The Morgan fingerprint density at radius 2 is 1.75 bits per heavy atom. The molecule has 9 heteroatoms. The molecule has 0 unspecified atom stereocenters. The van der Waals surface area contributed by atoms with Crippen LogP contribution in [-0.4, -0.2) is 51.1 Å². The molecule has 0 fully saturated rings. The Kier molecular flexibility index (Phi) is 8.18. The lowest BCUT2D eigenvalue weighted by atomic mass is 10.3. The summed E-state index contributed by atoms with van der Waals surface area (Å²) >= 11 is 7.30. The largest absolute Gasteiger partial charge is 0.492 e. The molecule has 0 aliphatic heterocycles. The molecule has 0 aliphatic rings. The third kappa shape index (κ3) is 6.41. The fourth-order valence-electron chi connectivity index (χ4n) is 2.18. The number of nitrogens with zero attached hydrogens (tertiary/aromatic N) is 1. The van der Waals surface area contributed by atoms with E-state index >= 15 is 0 Å². The molecule has 0 aliphatic carbocycles. The minimum absolute atomic E-state index is 0.0871. The van der Waals surface area contributed by atoms with Crippen LogP contribution in [0, 0.1) is 0 Å². The highest BCUT2D eigenvalue weighted by molar-refractivity contribution is 8.00. The number of benzene rings is 2. The van der Waals surface area contributed by atoms with Gasteiger partial charge < -0.3 is 10.1 Å². The van der Waals surface area contributed by atoms with Crippen LogP contribution in [0.25, 0.3) is 0 Å². The summed E-state index contributed by atoms with van der Waals surface area (Å²) in [6, 6.07) is 13.5. The minimum Gasteiger partial charge on any atom is -0.492 e. The second kappa shape index (κ2) is 10.2. The number of hydrogen-bond donors (Lipinski definition) is 1. The molecule has 0 spiro atoms. The maximum absolute atomic E-state index is 12.2. The highest BCUT2D eigenvalue weighted by Crippen LogP contribution is 2.24. The highest BCUT2D eigenvalue weighted by atomic mass is 35.5. The van der Waals surface area contributed by atoms with E-state index in [2.05, 4.69) is 5.32 Å². The van der Waals surface area contributed by atoms with Crippen molar-refractivity contribution in [2.45, 2.75) is 22.0 Å². The molecule has 1 atom stereocenters. The lowest BCUT2D eigenvalue weighted by Gasteiger charge is -2.13. The molecule has 6 nitrogen and oxygen atoms in total. The molecule has 152 valence electrons. The van der Waals surface area contributed by atoms with Gasteiger partial charge in [-0.15, -0.1) is 11.8 Å². The van der Waals surface area contributed by atoms with Crippen LogP contribution in [0.5, 0.6) is 5.75 Å². The number of thioether (sulfide) groups is 1. The van der Waals surface area contributed by atoms with Crippen molar-refractivity contribution in [3.63, 3.8) is 0 Å². The highest BCUT2D eigenvalue weighted by Gasteiger charge is 2.17. The Hall–Kier alpha value is -1.74. The second-order valence-corrected chi connectivity index (χ2v) is 10.1. The summed E-state index contributed by atoms with van der Waals surface area (Å²) in [5.41, 5.74) is 0. The molecule has 1 N–H and O–H groups in total. The number of rotatable bonds is 9. The van der Waals surface area contributed by atoms with E-state index in [-0.39, 0.29) is 22.7 Å². The first-order valence-corrected chi connectivity index (χ1v) is 11.3. The number of hydrogen-bond acceptors (Lipinski definition) is 5. The first-order chi connectivity index (χ1) is 13.2. The summed E-state index contributed by atoms with van der Waals surface area (Å²) in [7, 11) is -0.495. The summed E-state index contributed by atoms with van der Waals surface area (Å²) in [4.78, 5) is 13.3. The normalized spacial score (nSPS) is 12.6. The Morgan fingerprint density at radius 3 is 2.32 bits per heavy atom. The van der Waals surface area contributed by atoms with Gasteiger partial charge in [-0.2, -0.15) is 0 Å². The van der Waals surface area contributed by atoms with E-state index in [1.807, 2.05) is 19.1 Å². The molecule has 2 aromatic rings. The number of ether oxygens (including phenoxy) is 1. The van der Waals surface area contributed by atoms with E-state index in [0.717, 1.165) is 9.20 Å². The van der Waals surface area contributed by atoms with E-state index in [9.17, 15) is 13.2 Å². The summed E-state index contributed by atoms with van der Waals surface area (Å²) in [6.07, 6.45) is 0. The second-order valence-electron chi connectivity index (χ2n) is 6.11. The number of halogens is 1. The molecule has 2 aromatic carbocycles.